The van der Waals surface area contributed by atoms with Gasteiger partial charge in [0.05, 0.1) is 12.5 Å². The number of carbonyl (C=O) groups excluding carboxylic acids is 1. The Labute approximate surface area is 97.5 Å². The van der Waals surface area contributed by atoms with Gasteiger partial charge in [-0.3, -0.25) is 4.79 Å². The normalized spacial score (nSPS) is 26.1. The molecule has 0 bridgehead atoms. The van der Waals surface area contributed by atoms with E-state index in [1.54, 1.807) is 0 Å². The minimum atomic E-state index is -0.144. The van der Waals surface area contributed by atoms with Crippen LogP contribution in [0.2, 0.25) is 0 Å². The average molecular weight is 229 g/mol. The molecule has 0 aromatic heterocycles. The van der Waals surface area contributed by atoms with E-state index in [1.165, 1.54) is 6.42 Å². The molecule has 1 rings (SSSR count). The predicted octanol–water partition coefficient (Wildman–Crippen LogP) is 1.47. The first-order valence-corrected chi connectivity index (χ1v) is 6.25. The topological polar surface area (TPSA) is 61.5 Å². The first-order valence-electron chi connectivity index (χ1n) is 6.25. The van der Waals surface area contributed by atoms with Gasteiger partial charge in [0.15, 0.2) is 0 Å². The maximum Gasteiger partial charge on any atom is 0.310 e. The minimum absolute atomic E-state index is 0.0258. The fourth-order valence-electron chi connectivity index (χ4n) is 2.08. The van der Waals surface area contributed by atoms with Crippen LogP contribution in [0, 0.1) is 5.92 Å². The van der Waals surface area contributed by atoms with Gasteiger partial charge < -0.3 is 15.2 Å². The number of hydrogen-bond acceptors (Lipinski definition) is 4. The summed E-state index contributed by atoms with van der Waals surface area (Å²) in [6.07, 6.45) is 5.19. The molecule has 0 aromatic rings. The quantitative estimate of drug-likeness (QED) is 0.440. The summed E-state index contributed by atoms with van der Waals surface area (Å²) in [5.74, 6) is -0.252. The third-order valence-electron chi connectivity index (χ3n) is 3.05. The van der Waals surface area contributed by atoms with E-state index >= 15 is 0 Å². The Bertz CT molecular complexity index is 208. The number of rotatable bonds is 5. The summed E-state index contributed by atoms with van der Waals surface area (Å²) >= 11 is 0. The average Bonchev–Trinajstić information content (AvgIpc) is 2.49. The van der Waals surface area contributed by atoms with Gasteiger partial charge in [0.25, 0.3) is 0 Å². The highest BCUT2D eigenvalue weighted by molar-refractivity contribution is 5.73. The lowest BCUT2D eigenvalue weighted by molar-refractivity contribution is -0.151. The molecule has 94 valence electrons. The van der Waals surface area contributed by atoms with Crippen LogP contribution in [-0.4, -0.2) is 31.8 Å². The summed E-state index contributed by atoms with van der Waals surface area (Å²) in [4.78, 5) is 11.8. The molecule has 0 radical (unpaired) electrons. The lowest BCUT2D eigenvalue weighted by Gasteiger charge is -2.19. The lowest BCUT2D eigenvalue weighted by Crippen LogP contribution is -2.36. The molecule has 2 unspecified atom stereocenters. The molecule has 4 heteroatoms. The maximum absolute atomic E-state index is 11.8. The van der Waals surface area contributed by atoms with Crippen molar-refractivity contribution in [2.75, 3.05) is 19.8 Å². The summed E-state index contributed by atoms with van der Waals surface area (Å²) in [7, 11) is 0. The van der Waals surface area contributed by atoms with E-state index in [2.05, 4.69) is 0 Å². The Hall–Kier alpha value is -0.610. The molecule has 1 fully saturated rings. The van der Waals surface area contributed by atoms with E-state index in [1.807, 2.05) is 6.92 Å². The molecular formula is C12H23NO3. The van der Waals surface area contributed by atoms with Gasteiger partial charge in [-0.25, -0.2) is 0 Å². The van der Waals surface area contributed by atoms with Crippen molar-refractivity contribution in [2.45, 2.75) is 45.1 Å². The third-order valence-corrected chi connectivity index (χ3v) is 3.05. The first-order chi connectivity index (χ1) is 7.75. The van der Waals surface area contributed by atoms with Crippen molar-refractivity contribution in [1.82, 2.24) is 0 Å². The molecule has 0 spiro atoms. The zero-order chi connectivity index (χ0) is 11.8. The van der Waals surface area contributed by atoms with Gasteiger partial charge >= 0.3 is 5.97 Å². The number of hydrogen-bond donors (Lipinski definition) is 1. The molecule has 4 nitrogen and oxygen atoms in total. The lowest BCUT2D eigenvalue weighted by atomic mass is 9.96. The van der Waals surface area contributed by atoms with Crippen LogP contribution in [-0.2, 0) is 14.3 Å². The molecule has 0 saturated heterocycles. The van der Waals surface area contributed by atoms with Gasteiger partial charge in [-0.05, 0) is 19.8 Å². The molecule has 0 amide bonds. The predicted molar refractivity (Wildman–Crippen MR) is 62.0 cm³/mol. The Balaban J connectivity index is 2.27. The molecule has 0 aliphatic heterocycles. The molecule has 1 saturated carbocycles. The number of ether oxygens (including phenoxy) is 2. The fraction of sp³-hybridized carbons (Fsp3) is 0.917. The smallest absolute Gasteiger partial charge is 0.310 e. The Morgan fingerprint density at radius 2 is 2.00 bits per heavy atom. The van der Waals surface area contributed by atoms with Crippen molar-refractivity contribution in [1.29, 1.82) is 0 Å². The highest BCUT2D eigenvalue weighted by Crippen LogP contribution is 2.23. The van der Waals surface area contributed by atoms with E-state index in [9.17, 15) is 4.79 Å². The molecule has 1 aliphatic rings. The Morgan fingerprint density at radius 3 is 2.75 bits per heavy atom. The van der Waals surface area contributed by atoms with E-state index in [0.717, 1.165) is 25.7 Å². The van der Waals surface area contributed by atoms with Crippen LogP contribution >= 0.6 is 0 Å². The van der Waals surface area contributed by atoms with Gasteiger partial charge in [-0.2, -0.15) is 0 Å². The molecule has 2 N–H and O–H groups in total. The van der Waals surface area contributed by atoms with E-state index in [-0.39, 0.29) is 17.9 Å². The van der Waals surface area contributed by atoms with Crippen molar-refractivity contribution in [3.05, 3.63) is 0 Å². The van der Waals surface area contributed by atoms with E-state index in [4.69, 9.17) is 15.2 Å². The van der Waals surface area contributed by atoms with Gasteiger partial charge in [0.2, 0.25) is 0 Å². The van der Waals surface area contributed by atoms with Crippen LogP contribution in [0.3, 0.4) is 0 Å². The van der Waals surface area contributed by atoms with Crippen LogP contribution in [0.15, 0.2) is 0 Å². The van der Waals surface area contributed by atoms with Crippen LogP contribution in [0.5, 0.6) is 0 Å². The second-order valence-electron chi connectivity index (χ2n) is 4.27. The Kier molecular flexibility index (Phi) is 6.42. The molecule has 1 aliphatic carbocycles. The summed E-state index contributed by atoms with van der Waals surface area (Å²) in [5, 5.41) is 0. The first kappa shape index (κ1) is 13.5. The van der Waals surface area contributed by atoms with E-state index in [0.29, 0.717) is 19.8 Å². The second-order valence-corrected chi connectivity index (χ2v) is 4.27. The van der Waals surface area contributed by atoms with Crippen molar-refractivity contribution in [3.63, 3.8) is 0 Å². The Morgan fingerprint density at radius 1 is 1.25 bits per heavy atom. The number of carbonyl (C=O) groups is 1. The van der Waals surface area contributed by atoms with Crippen LogP contribution in [0.1, 0.15) is 39.0 Å². The zero-order valence-electron chi connectivity index (χ0n) is 10.1. The van der Waals surface area contributed by atoms with Crippen LogP contribution < -0.4 is 5.73 Å². The summed E-state index contributed by atoms with van der Waals surface area (Å²) in [6.45, 7) is 3.39. The number of esters is 1. The highest BCUT2D eigenvalue weighted by atomic mass is 16.6. The molecular weight excluding hydrogens is 206 g/mol. The van der Waals surface area contributed by atoms with Crippen LogP contribution in [0.4, 0.5) is 0 Å². The third kappa shape index (κ3) is 4.49. The highest BCUT2D eigenvalue weighted by Gasteiger charge is 2.28. The summed E-state index contributed by atoms with van der Waals surface area (Å²) in [5.41, 5.74) is 5.98. The summed E-state index contributed by atoms with van der Waals surface area (Å²) in [6, 6.07) is -0.0258. The van der Waals surface area contributed by atoms with Crippen LogP contribution in [0.25, 0.3) is 0 Å². The van der Waals surface area contributed by atoms with Gasteiger partial charge in [-0.15, -0.1) is 0 Å². The van der Waals surface area contributed by atoms with Crippen molar-refractivity contribution >= 4 is 5.97 Å². The number of nitrogens with two attached hydrogens (primary N) is 1. The SMILES string of the molecule is CCOCCOC(=O)C1CCCCCC1N. The molecule has 0 aromatic carbocycles. The monoisotopic (exact) mass is 229 g/mol. The second kappa shape index (κ2) is 7.63. The van der Waals surface area contributed by atoms with Crippen molar-refractivity contribution in [2.24, 2.45) is 11.7 Å². The molecule has 2 atom stereocenters. The molecule has 0 heterocycles. The standard InChI is InChI=1S/C12H23NO3/c1-2-15-8-9-16-12(14)10-6-4-3-5-7-11(10)13/h10-11H,2-9,13H2,1H3. The maximum atomic E-state index is 11.8. The fourth-order valence-corrected chi connectivity index (χ4v) is 2.08. The molecule has 16 heavy (non-hydrogen) atoms. The van der Waals surface area contributed by atoms with Crippen molar-refractivity contribution < 1.29 is 14.3 Å². The van der Waals surface area contributed by atoms with Gasteiger partial charge in [0, 0.05) is 12.6 Å². The minimum Gasteiger partial charge on any atom is -0.463 e. The van der Waals surface area contributed by atoms with E-state index < -0.39 is 0 Å². The zero-order valence-corrected chi connectivity index (χ0v) is 10.1. The largest absolute Gasteiger partial charge is 0.463 e. The summed E-state index contributed by atoms with van der Waals surface area (Å²) < 4.78 is 10.3. The van der Waals surface area contributed by atoms with Gasteiger partial charge in [-0.1, -0.05) is 19.3 Å². The van der Waals surface area contributed by atoms with Crippen molar-refractivity contribution in [3.8, 4) is 0 Å². The van der Waals surface area contributed by atoms with Gasteiger partial charge in [0.1, 0.15) is 6.61 Å².